The summed E-state index contributed by atoms with van der Waals surface area (Å²) in [4.78, 5) is 0. The van der Waals surface area contributed by atoms with Gasteiger partial charge in [-0.15, -0.1) is 0 Å². The van der Waals surface area contributed by atoms with Gasteiger partial charge in [-0.05, 0) is 30.7 Å². The maximum atomic E-state index is 13.7. The number of benzene rings is 2. The molecule has 1 aromatic heterocycles. The van der Waals surface area contributed by atoms with Crippen LogP contribution >= 0.6 is 0 Å². The summed E-state index contributed by atoms with van der Waals surface area (Å²) in [5.41, 5.74) is 2.34. The first kappa shape index (κ1) is 16.4. The number of halogens is 1. The van der Waals surface area contributed by atoms with E-state index in [0.29, 0.717) is 5.56 Å². The summed E-state index contributed by atoms with van der Waals surface area (Å²) in [6, 6.07) is 16.1. The fourth-order valence-electron chi connectivity index (χ4n) is 2.73. The van der Waals surface area contributed by atoms with Crippen LogP contribution in [0.2, 0.25) is 0 Å². The van der Waals surface area contributed by atoms with Gasteiger partial charge < -0.3 is 10.4 Å². The third-order valence-electron chi connectivity index (χ3n) is 4.04. The molecule has 0 radical (unpaired) electrons. The average Bonchev–Trinajstić information content (AvgIpc) is 3.14. The SMILES string of the molecule is CC(NCC(O)c1ccccc1F)c1ccccc1-n1cccn1. The highest BCUT2D eigenvalue weighted by molar-refractivity contribution is 5.42. The Bertz CT molecular complexity index is 789. The van der Waals surface area contributed by atoms with E-state index < -0.39 is 11.9 Å². The summed E-state index contributed by atoms with van der Waals surface area (Å²) >= 11 is 0. The molecule has 0 fully saturated rings. The molecule has 0 bridgehead atoms. The lowest BCUT2D eigenvalue weighted by Gasteiger charge is -2.20. The minimum absolute atomic E-state index is 0.0215. The highest BCUT2D eigenvalue weighted by Crippen LogP contribution is 2.22. The highest BCUT2D eigenvalue weighted by atomic mass is 19.1. The summed E-state index contributed by atoms with van der Waals surface area (Å²) in [5.74, 6) is -0.392. The quantitative estimate of drug-likeness (QED) is 0.730. The van der Waals surface area contributed by atoms with Crippen LogP contribution in [0.3, 0.4) is 0 Å². The molecule has 0 amide bonds. The zero-order valence-electron chi connectivity index (χ0n) is 13.4. The van der Waals surface area contributed by atoms with Crippen LogP contribution in [0.25, 0.3) is 5.69 Å². The van der Waals surface area contributed by atoms with Gasteiger partial charge in [0.2, 0.25) is 0 Å². The predicted octanol–water partition coefficient (Wildman–Crippen LogP) is 3.40. The molecule has 0 aliphatic rings. The van der Waals surface area contributed by atoms with Gasteiger partial charge >= 0.3 is 0 Å². The Hall–Kier alpha value is -2.50. The number of rotatable bonds is 6. The first-order chi connectivity index (χ1) is 11.7. The van der Waals surface area contributed by atoms with Crippen LogP contribution in [0.4, 0.5) is 4.39 Å². The fraction of sp³-hybridized carbons (Fsp3) is 0.211. The molecule has 2 N–H and O–H groups in total. The second-order valence-electron chi connectivity index (χ2n) is 5.68. The average molecular weight is 325 g/mol. The van der Waals surface area contributed by atoms with E-state index in [1.807, 2.05) is 43.5 Å². The Morgan fingerprint density at radius 2 is 1.79 bits per heavy atom. The van der Waals surface area contributed by atoms with Crippen molar-refractivity contribution >= 4 is 0 Å². The molecule has 2 aromatic carbocycles. The number of hydrogen-bond donors (Lipinski definition) is 2. The molecular formula is C19H20FN3O. The van der Waals surface area contributed by atoms with E-state index in [2.05, 4.69) is 10.4 Å². The van der Waals surface area contributed by atoms with E-state index in [1.54, 1.807) is 29.1 Å². The van der Waals surface area contributed by atoms with E-state index in [0.717, 1.165) is 11.3 Å². The molecule has 3 rings (SSSR count). The maximum Gasteiger partial charge on any atom is 0.129 e. The van der Waals surface area contributed by atoms with Gasteiger partial charge in [-0.1, -0.05) is 36.4 Å². The van der Waals surface area contributed by atoms with Gasteiger partial charge in [-0.2, -0.15) is 5.10 Å². The van der Waals surface area contributed by atoms with Crippen molar-refractivity contribution in [3.63, 3.8) is 0 Å². The molecule has 0 spiro atoms. The topological polar surface area (TPSA) is 50.1 Å². The first-order valence-electron chi connectivity index (χ1n) is 7.91. The van der Waals surface area contributed by atoms with Crippen molar-refractivity contribution in [2.45, 2.75) is 19.1 Å². The summed E-state index contributed by atoms with van der Waals surface area (Å²) < 4.78 is 15.5. The van der Waals surface area contributed by atoms with Gasteiger partial charge in [-0.3, -0.25) is 0 Å². The number of hydrogen-bond acceptors (Lipinski definition) is 3. The van der Waals surface area contributed by atoms with Crippen molar-refractivity contribution in [1.29, 1.82) is 0 Å². The molecule has 2 unspecified atom stereocenters. The zero-order valence-corrected chi connectivity index (χ0v) is 13.4. The van der Waals surface area contributed by atoms with Crippen molar-refractivity contribution in [3.05, 3.63) is 83.9 Å². The number of para-hydroxylation sites is 1. The van der Waals surface area contributed by atoms with E-state index in [4.69, 9.17) is 0 Å². The van der Waals surface area contributed by atoms with Crippen LogP contribution in [0.15, 0.2) is 67.0 Å². The Morgan fingerprint density at radius 3 is 2.50 bits per heavy atom. The van der Waals surface area contributed by atoms with Crippen LogP contribution < -0.4 is 5.32 Å². The van der Waals surface area contributed by atoms with Crippen molar-refractivity contribution < 1.29 is 9.50 Å². The molecule has 1 heterocycles. The van der Waals surface area contributed by atoms with Gasteiger partial charge in [0.15, 0.2) is 0 Å². The Balaban J connectivity index is 1.72. The number of aromatic nitrogens is 2. The van der Waals surface area contributed by atoms with Crippen LogP contribution in [0.1, 0.15) is 30.2 Å². The summed E-state index contributed by atoms with van der Waals surface area (Å²) in [5, 5.41) is 17.8. The molecule has 0 aliphatic heterocycles. The maximum absolute atomic E-state index is 13.7. The number of nitrogens with one attached hydrogen (secondary N) is 1. The highest BCUT2D eigenvalue weighted by Gasteiger charge is 2.16. The molecule has 2 atom stereocenters. The van der Waals surface area contributed by atoms with Crippen LogP contribution in [0, 0.1) is 5.82 Å². The largest absolute Gasteiger partial charge is 0.387 e. The lowest BCUT2D eigenvalue weighted by molar-refractivity contribution is 0.166. The van der Waals surface area contributed by atoms with Gasteiger partial charge in [0.25, 0.3) is 0 Å². The molecule has 3 aromatic rings. The van der Waals surface area contributed by atoms with E-state index >= 15 is 0 Å². The minimum Gasteiger partial charge on any atom is -0.387 e. The van der Waals surface area contributed by atoms with E-state index in [-0.39, 0.29) is 12.6 Å². The van der Waals surface area contributed by atoms with Gasteiger partial charge in [0.05, 0.1) is 11.8 Å². The normalized spacial score (nSPS) is 13.6. The zero-order chi connectivity index (χ0) is 16.9. The second kappa shape index (κ2) is 7.38. The standard InChI is InChI=1S/C19H20FN3O/c1-14(21-13-19(24)16-8-2-4-9-17(16)20)15-7-3-5-10-18(15)23-12-6-11-22-23/h2-12,14,19,21,24H,13H2,1H3. The molecule has 24 heavy (non-hydrogen) atoms. The van der Waals surface area contributed by atoms with Crippen molar-refractivity contribution in [3.8, 4) is 5.69 Å². The first-order valence-corrected chi connectivity index (χ1v) is 7.91. The van der Waals surface area contributed by atoms with Gasteiger partial charge in [0.1, 0.15) is 5.82 Å². The molecule has 0 saturated heterocycles. The third kappa shape index (κ3) is 3.53. The van der Waals surface area contributed by atoms with Gasteiger partial charge in [0, 0.05) is 30.5 Å². The van der Waals surface area contributed by atoms with Crippen molar-refractivity contribution in [2.24, 2.45) is 0 Å². The second-order valence-corrected chi connectivity index (χ2v) is 5.68. The summed E-state index contributed by atoms with van der Waals surface area (Å²) in [7, 11) is 0. The van der Waals surface area contributed by atoms with E-state index in [9.17, 15) is 9.50 Å². The molecular weight excluding hydrogens is 305 g/mol. The van der Waals surface area contributed by atoms with E-state index in [1.165, 1.54) is 6.07 Å². The summed E-state index contributed by atoms with van der Waals surface area (Å²) in [6.07, 6.45) is 2.72. The number of aliphatic hydroxyl groups is 1. The predicted molar refractivity (Wildman–Crippen MR) is 91.3 cm³/mol. The lowest BCUT2D eigenvalue weighted by Crippen LogP contribution is -2.26. The Morgan fingerprint density at radius 1 is 1.08 bits per heavy atom. The third-order valence-corrected chi connectivity index (χ3v) is 4.04. The minimum atomic E-state index is -0.898. The fourth-order valence-corrected chi connectivity index (χ4v) is 2.73. The molecule has 0 aliphatic carbocycles. The van der Waals surface area contributed by atoms with Crippen molar-refractivity contribution in [2.75, 3.05) is 6.54 Å². The number of nitrogens with zero attached hydrogens (tertiary/aromatic N) is 2. The molecule has 4 nitrogen and oxygen atoms in total. The van der Waals surface area contributed by atoms with Crippen LogP contribution in [-0.2, 0) is 0 Å². The smallest absolute Gasteiger partial charge is 0.129 e. The lowest BCUT2D eigenvalue weighted by atomic mass is 10.0. The molecule has 0 saturated carbocycles. The summed E-state index contributed by atoms with van der Waals surface area (Å²) in [6.45, 7) is 2.27. The van der Waals surface area contributed by atoms with Crippen molar-refractivity contribution in [1.82, 2.24) is 15.1 Å². The molecule has 124 valence electrons. The van der Waals surface area contributed by atoms with Gasteiger partial charge in [-0.25, -0.2) is 9.07 Å². The van der Waals surface area contributed by atoms with Crippen LogP contribution in [-0.4, -0.2) is 21.4 Å². The molecule has 5 heteroatoms. The Labute approximate surface area is 140 Å². The van der Waals surface area contributed by atoms with Crippen LogP contribution in [0.5, 0.6) is 0 Å². The monoisotopic (exact) mass is 325 g/mol. The number of aliphatic hydroxyl groups excluding tert-OH is 1. The Kier molecular flexibility index (Phi) is 5.03.